The minimum atomic E-state index is -1.33. The molecular formula is C37H46Cl2N6O8S2. The van der Waals surface area contributed by atoms with Crippen LogP contribution in [0, 0.1) is 0 Å². The number of carbonyl (C=O) groups excluding carboxylic acids is 4. The summed E-state index contributed by atoms with van der Waals surface area (Å²) < 4.78 is 0. The number of hydrogen-bond donors (Lipinski definition) is 6. The highest BCUT2D eigenvalue weighted by Crippen LogP contribution is 2.41. The lowest BCUT2D eigenvalue weighted by Crippen LogP contribution is -2.52. The average Bonchev–Trinajstić information content (AvgIpc) is 3.90. The summed E-state index contributed by atoms with van der Waals surface area (Å²) in [5.41, 5.74) is 3.73. The zero-order valence-electron chi connectivity index (χ0n) is 30.2. The fourth-order valence-electron chi connectivity index (χ4n) is 6.73. The number of nitrogens with zero attached hydrogens (tertiary/aromatic N) is 3. The summed E-state index contributed by atoms with van der Waals surface area (Å²) in [6.45, 7) is 1.32. The molecule has 0 radical (unpaired) electrons. The molecular weight excluding hydrogens is 791 g/mol. The van der Waals surface area contributed by atoms with Crippen LogP contribution in [0.1, 0.15) is 56.1 Å². The zero-order valence-corrected chi connectivity index (χ0v) is 33.4. The van der Waals surface area contributed by atoms with Crippen LogP contribution >= 0.6 is 47.6 Å². The first-order chi connectivity index (χ1) is 26.4. The van der Waals surface area contributed by atoms with Crippen molar-refractivity contribution in [2.45, 2.75) is 82.1 Å². The first-order valence-electron chi connectivity index (χ1n) is 18.2. The van der Waals surface area contributed by atoms with E-state index in [-0.39, 0.29) is 37.0 Å². The van der Waals surface area contributed by atoms with Crippen LogP contribution in [0.25, 0.3) is 0 Å². The van der Waals surface area contributed by atoms with Gasteiger partial charge in [-0.2, -0.15) is 12.6 Å². The molecule has 4 amide bonds. The summed E-state index contributed by atoms with van der Waals surface area (Å²) in [5, 5.41) is 26.3. The fourth-order valence-corrected chi connectivity index (χ4v) is 8.70. The molecule has 2 heterocycles. The number of thioether (sulfide) groups is 1. The second-order valence-corrected chi connectivity index (χ2v) is 16.0. The number of thiol groups is 1. The van der Waals surface area contributed by atoms with Gasteiger partial charge in [0.05, 0.1) is 17.4 Å². The molecule has 14 nitrogen and oxygen atoms in total. The Morgan fingerprint density at radius 2 is 1.56 bits per heavy atom. The van der Waals surface area contributed by atoms with Gasteiger partial charge < -0.3 is 36.0 Å². The van der Waals surface area contributed by atoms with Crippen LogP contribution in [0.4, 0.5) is 11.4 Å². The molecule has 18 heteroatoms. The van der Waals surface area contributed by atoms with Gasteiger partial charge in [0.15, 0.2) is 0 Å². The number of carboxylic acids is 2. The van der Waals surface area contributed by atoms with Crippen molar-refractivity contribution in [1.29, 1.82) is 0 Å². The van der Waals surface area contributed by atoms with Crippen LogP contribution in [0.15, 0.2) is 36.4 Å². The van der Waals surface area contributed by atoms with Crippen molar-refractivity contribution >= 4 is 94.5 Å². The second-order valence-electron chi connectivity index (χ2n) is 13.8. The molecule has 2 aliphatic heterocycles. The summed E-state index contributed by atoms with van der Waals surface area (Å²) >= 11 is 19.2. The molecule has 0 unspecified atom stereocenters. The van der Waals surface area contributed by atoms with Gasteiger partial charge in [-0.3, -0.25) is 28.9 Å². The number of anilines is 2. The molecule has 5 rings (SSSR count). The van der Waals surface area contributed by atoms with Crippen molar-refractivity contribution in [3.63, 3.8) is 0 Å². The van der Waals surface area contributed by atoms with Crippen molar-refractivity contribution in [2.75, 3.05) is 46.8 Å². The number of rotatable bonds is 19. The van der Waals surface area contributed by atoms with Crippen molar-refractivity contribution < 1.29 is 39.0 Å². The van der Waals surface area contributed by atoms with E-state index in [9.17, 15) is 33.9 Å². The predicted octanol–water partition coefficient (Wildman–Crippen LogP) is 3.56. The molecule has 3 aliphatic rings. The van der Waals surface area contributed by atoms with E-state index in [2.05, 4.69) is 44.4 Å². The van der Waals surface area contributed by atoms with Gasteiger partial charge in [0, 0.05) is 65.9 Å². The quantitative estimate of drug-likeness (QED) is 0.0898. The van der Waals surface area contributed by atoms with E-state index in [4.69, 9.17) is 28.3 Å². The van der Waals surface area contributed by atoms with Gasteiger partial charge in [-0.1, -0.05) is 35.3 Å². The number of aryl methyl sites for hydroxylation is 1. The summed E-state index contributed by atoms with van der Waals surface area (Å²) in [4.78, 5) is 80.0. The standard InChI is InChI=1S/C37H46Cl2N6O8S2/c38-25-16-23(18-43-21-55-20-31(43)36(51)45-14-13-44(24-9-10-24)29-6-2-3-7-30(29)45)26(39)15-22(25)5-1-4-8-32(46)41-27(37(52)53)11-12-33(47)42-28(19-54)35(50)40-17-34(48)49/h2-3,6-7,15-16,24,27-28,31,54H,1,4-5,8-14,17-21H2,(H,40,50)(H,41,46)(H,42,47)(H,48,49)(H,52,53)/t27-,28-,31-/m0/s1. The smallest absolute Gasteiger partial charge is 0.326 e. The van der Waals surface area contributed by atoms with Gasteiger partial charge in [-0.25, -0.2) is 4.79 Å². The lowest BCUT2D eigenvalue weighted by Gasteiger charge is -2.39. The van der Waals surface area contributed by atoms with Crippen LogP contribution < -0.4 is 25.8 Å². The summed E-state index contributed by atoms with van der Waals surface area (Å²) in [7, 11) is 0. The summed E-state index contributed by atoms with van der Waals surface area (Å²) in [5.74, 6) is -3.07. The lowest BCUT2D eigenvalue weighted by atomic mass is 10.0. The van der Waals surface area contributed by atoms with Crippen molar-refractivity contribution in [1.82, 2.24) is 20.9 Å². The lowest BCUT2D eigenvalue weighted by molar-refractivity contribution is -0.142. The first kappa shape index (κ1) is 42.4. The number of amides is 4. The van der Waals surface area contributed by atoms with Crippen LogP contribution in [-0.2, 0) is 41.7 Å². The summed E-state index contributed by atoms with van der Waals surface area (Å²) in [6, 6.07) is 9.66. The molecule has 5 N–H and O–H groups in total. The van der Waals surface area contributed by atoms with E-state index in [1.807, 2.05) is 35.2 Å². The fraction of sp³-hybridized carbons (Fsp3) is 0.514. The van der Waals surface area contributed by atoms with E-state index >= 15 is 0 Å². The molecule has 1 saturated carbocycles. The number of para-hydroxylation sites is 2. The van der Waals surface area contributed by atoms with Crippen LogP contribution in [-0.4, -0.2) is 112 Å². The first-order valence-corrected chi connectivity index (χ1v) is 20.8. The maximum absolute atomic E-state index is 14.0. The Bertz CT molecular complexity index is 1770. The molecule has 0 bridgehead atoms. The van der Waals surface area contributed by atoms with E-state index in [0.29, 0.717) is 60.1 Å². The molecule has 0 spiro atoms. The number of fused-ring (bicyclic) bond motifs is 1. The third-order valence-electron chi connectivity index (χ3n) is 9.79. The highest BCUT2D eigenvalue weighted by molar-refractivity contribution is 7.99. The summed E-state index contributed by atoms with van der Waals surface area (Å²) in [6.07, 6.45) is 3.46. The van der Waals surface area contributed by atoms with Gasteiger partial charge in [0.1, 0.15) is 18.6 Å². The Kier molecular flexibility index (Phi) is 15.4. The minimum Gasteiger partial charge on any atom is -0.480 e. The van der Waals surface area contributed by atoms with E-state index < -0.39 is 48.3 Å². The number of nitrogens with one attached hydrogen (secondary N) is 3. The van der Waals surface area contributed by atoms with Gasteiger partial charge in [-0.15, -0.1) is 11.8 Å². The van der Waals surface area contributed by atoms with Gasteiger partial charge in [-0.05, 0) is 73.9 Å². The normalized spacial score (nSPS) is 17.9. The molecule has 1 aliphatic carbocycles. The van der Waals surface area contributed by atoms with Gasteiger partial charge >= 0.3 is 11.9 Å². The van der Waals surface area contributed by atoms with Gasteiger partial charge in [0.25, 0.3) is 0 Å². The molecule has 0 aromatic heterocycles. The number of benzene rings is 2. The average molecular weight is 838 g/mol. The number of carboxylic acid groups (broad SMARTS) is 2. The highest BCUT2D eigenvalue weighted by atomic mass is 35.5. The molecule has 55 heavy (non-hydrogen) atoms. The third kappa shape index (κ3) is 11.7. The van der Waals surface area contributed by atoms with Crippen LogP contribution in [0.3, 0.4) is 0 Å². The van der Waals surface area contributed by atoms with Crippen LogP contribution in [0.5, 0.6) is 0 Å². The van der Waals surface area contributed by atoms with E-state index in [1.165, 1.54) is 12.8 Å². The number of carbonyl (C=O) groups is 6. The van der Waals surface area contributed by atoms with Crippen LogP contribution in [0.2, 0.25) is 10.0 Å². The number of hydrogen-bond acceptors (Lipinski definition) is 10. The maximum Gasteiger partial charge on any atom is 0.326 e. The second kappa shape index (κ2) is 19.9. The topological polar surface area (TPSA) is 189 Å². The molecule has 298 valence electrons. The molecule has 3 atom stereocenters. The number of unbranched alkanes of at least 4 members (excludes halogenated alkanes) is 1. The minimum absolute atomic E-state index is 0.0486. The van der Waals surface area contributed by atoms with Crippen molar-refractivity contribution in [3.8, 4) is 0 Å². The van der Waals surface area contributed by atoms with Crippen molar-refractivity contribution in [3.05, 3.63) is 57.6 Å². The maximum atomic E-state index is 14.0. The molecule has 2 aromatic rings. The Morgan fingerprint density at radius 3 is 2.25 bits per heavy atom. The van der Waals surface area contributed by atoms with Crippen molar-refractivity contribution in [2.24, 2.45) is 0 Å². The Balaban J connectivity index is 1.07. The zero-order chi connectivity index (χ0) is 39.6. The monoisotopic (exact) mass is 836 g/mol. The molecule has 2 aromatic carbocycles. The predicted molar refractivity (Wildman–Crippen MR) is 215 cm³/mol. The molecule has 2 fully saturated rings. The van der Waals surface area contributed by atoms with E-state index in [0.717, 1.165) is 29.0 Å². The Labute approximate surface area is 339 Å². The third-order valence-corrected chi connectivity index (χ3v) is 11.9. The van der Waals surface area contributed by atoms with Gasteiger partial charge in [0.2, 0.25) is 23.6 Å². The largest absolute Gasteiger partial charge is 0.480 e. The highest BCUT2D eigenvalue weighted by Gasteiger charge is 2.40. The SMILES string of the molecule is O=C(O)CNC(=O)[C@H](CS)NC(=O)CC[C@H](NC(=O)CCCCc1cc(Cl)c(CN2CSC[C@H]2C(=O)N2CCN(C3CC3)c3ccccc32)cc1Cl)C(=O)O. The number of aliphatic carboxylic acids is 2. The number of halogens is 2. The molecule has 1 saturated heterocycles. The van der Waals surface area contributed by atoms with E-state index in [1.54, 1.807) is 11.8 Å². The Morgan fingerprint density at radius 1 is 0.891 bits per heavy atom. The Hall–Kier alpha value is -3.70.